The average molecular weight is 303 g/mol. The van der Waals surface area contributed by atoms with Crippen molar-refractivity contribution in [3.63, 3.8) is 0 Å². The van der Waals surface area contributed by atoms with E-state index in [1.165, 1.54) is 29.4 Å². The minimum absolute atomic E-state index is 0.0989. The zero-order valence-corrected chi connectivity index (χ0v) is 12.6. The Labute approximate surface area is 119 Å². The lowest BCUT2D eigenvalue weighted by molar-refractivity contribution is 0.386. The fraction of sp³-hybridized carbons (Fsp3) is 0.615. The van der Waals surface area contributed by atoms with Gasteiger partial charge < -0.3 is 0 Å². The molecule has 106 valence electrons. The lowest BCUT2D eigenvalue weighted by Gasteiger charge is -2.20. The summed E-state index contributed by atoms with van der Waals surface area (Å²) in [6, 6.07) is 3.23. The van der Waals surface area contributed by atoms with Gasteiger partial charge in [0.2, 0.25) is 0 Å². The number of rotatable bonds is 5. The van der Waals surface area contributed by atoms with E-state index in [2.05, 4.69) is 4.98 Å². The van der Waals surface area contributed by atoms with Gasteiger partial charge in [0.05, 0.1) is 0 Å². The summed E-state index contributed by atoms with van der Waals surface area (Å²) in [5.74, 6) is 0.826. The number of aromatic nitrogens is 1. The van der Waals surface area contributed by atoms with Crippen LogP contribution < -0.4 is 0 Å². The van der Waals surface area contributed by atoms with Gasteiger partial charge in [0.25, 0.3) is 10.0 Å². The van der Waals surface area contributed by atoms with Crippen LogP contribution in [0, 0.1) is 5.92 Å². The Morgan fingerprint density at radius 2 is 2.05 bits per heavy atom. The summed E-state index contributed by atoms with van der Waals surface area (Å²) in [5, 5.41) is 0.0989. The molecular weight excluding hydrogens is 284 g/mol. The molecule has 0 amide bonds. The first-order valence-corrected chi connectivity index (χ1v) is 8.48. The number of pyridine rings is 1. The molecule has 1 aliphatic rings. The van der Waals surface area contributed by atoms with Crippen molar-refractivity contribution < 1.29 is 8.42 Å². The van der Waals surface area contributed by atoms with Crippen molar-refractivity contribution in [2.75, 3.05) is 13.6 Å². The first-order valence-electron chi connectivity index (χ1n) is 6.51. The van der Waals surface area contributed by atoms with Crippen molar-refractivity contribution in [2.24, 2.45) is 5.92 Å². The Bertz CT molecular complexity index is 510. The number of halogens is 1. The van der Waals surface area contributed by atoms with E-state index in [4.69, 9.17) is 11.6 Å². The van der Waals surface area contributed by atoms with Crippen LogP contribution in [0.1, 0.15) is 31.2 Å². The SMILES string of the molecule is CN(CC1CCCC1)S(=O)(=O)c1ccc(CCl)cn1. The summed E-state index contributed by atoms with van der Waals surface area (Å²) < 4.78 is 26.1. The van der Waals surface area contributed by atoms with Crippen LogP contribution in [0.2, 0.25) is 0 Å². The molecule has 1 fully saturated rings. The second-order valence-electron chi connectivity index (χ2n) is 5.07. The third-order valence-electron chi connectivity index (χ3n) is 3.62. The van der Waals surface area contributed by atoms with Crippen LogP contribution in [-0.2, 0) is 15.9 Å². The number of nitrogens with zero attached hydrogens (tertiary/aromatic N) is 2. The van der Waals surface area contributed by atoms with Crippen LogP contribution >= 0.6 is 11.6 Å². The van der Waals surface area contributed by atoms with E-state index in [1.807, 2.05) is 0 Å². The van der Waals surface area contributed by atoms with E-state index in [-0.39, 0.29) is 5.03 Å². The van der Waals surface area contributed by atoms with E-state index in [1.54, 1.807) is 13.1 Å². The zero-order chi connectivity index (χ0) is 13.9. The molecule has 4 nitrogen and oxygen atoms in total. The Hall–Kier alpha value is -0.650. The highest BCUT2D eigenvalue weighted by Crippen LogP contribution is 2.26. The molecule has 0 unspecified atom stereocenters. The van der Waals surface area contributed by atoms with Gasteiger partial charge in [-0.05, 0) is 30.4 Å². The molecule has 1 aromatic rings. The van der Waals surface area contributed by atoms with Crippen LogP contribution in [0.25, 0.3) is 0 Å². The van der Waals surface area contributed by atoms with Crippen molar-refractivity contribution in [3.05, 3.63) is 23.9 Å². The van der Waals surface area contributed by atoms with Gasteiger partial charge in [-0.3, -0.25) is 0 Å². The predicted octanol–water partition coefficient (Wildman–Crippen LogP) is 2.63. The number of hydrogen-bond donors (Lipinski definition) is 0. The van der Waals surface area contributed by atoms with Crippen LogP contribution in [0.4, 0.5) is 0 Å². The van der Waals surface area contributed by atoms with Gasteiger partial charge in [0.15, 0.2) is 5.03 Å². The lowest BCUT2D eigenvalue weighted by atomic mass is 10.1. The largest absolute Gasteiger partial charge is 0.260 e. The number of sulfonamides is 1. The molecule has 0 saturated heterocycles. The van der Waals surface area contributed by atoms with Crippen molar-refractivity contribution in [2.45, 2.75) is 36.6 Å². The lowest BCUT2D eigenvalue weighted by Crippen LogP contribution is -2.31. The molecule has 2 rings (SSSR count). The molecule has 0 aromatic carbocycles. The van der Waals surface area contributed by atoms with Crippen molar-refractivity contribution in [1.29, 1.82) is 0 Å². The van der Waals surface area contributed by atoms with Gasteiger partial charge in [0, 0.05) is 25.7 Å². The van der Waals surface area contributed by atoms with Gasteiger partial charge in [-0.25, -0.2) is 13.4 Å². The highest BCUT2D eigenvalue weighted by Gasteiger charge is 2.26. The van der Waals surface area contributed by atoms with E-state index < -0.39 is 10.0 Å². The third-order valence-corrected chi connectivity index (χ3v) is 5.66. The van der Waals surface area contributed by atoms with Crippen LogP contribution in [0.3, 0.4) is 0 Å². The quantitative estimate of drug-likeness (QED) is 0.786. The first-order chi connectivity index (χ1) is 9.04. The van der Waals surface area contributed by atoms with Crippen LogP contribution in [0.5, 0.6) is 0 Å². The molecule has 0 spiro atoms. The predicted molar refractivity (Wildman–Crippen MR) is 75.6 cm³/mol. The fourth-order valence-electron chi connectivity index (χ4n) is 2.46. The van der Waals surface area contributed by atoms with E-state index in [0.717, 1.165) is 18.4 Å². The first kappa shape index (κ1) is 14.8. The summed E-state index contributed by atoms with van der Waals surface area (Å²) in [7, 11) is -1.84. The summed E-state index contributed by atoms with van der Waals surface area (Å²) in [6.07, 6.45) is 6.18. The van der Waals surface area contributed by atoms with Gasteiger partial charge in [0.1, 0.15) is 0 Å². The molecule has 1 aromatic heterocycles. The average Bonchev–Trinajstić information content (AvgIpc) is 2.91. The molecule has 0 atom stereocenters. The minimum atomic E-state index is -3.47. The normalized spacial score (nSPS) is 17.2. The maximum atomic E-state index is 12.3. The second-order valence-corrected chi connectivity index (χ2v) is 7.33. The molecule has 0 radical (unpaired) electrons. The minimum Gasteiger partial charge on any atom is -0.243 e. The Kier molecular flexibility index (Phi) is 4.81. The van der Waals surface area contributed by atoms with Crippen LogP contribution in [-0.4, -0.2) is 31.3 Å². The van der Waals surface area contributed by atoms with Gasteiger partial charge in [-0.2, -0.15) is 4.31 Å². The molecular formula is C13H19ClN2O2S. The Morgan fingerprint density at radius 3 is 2.58 bits per heavy atom. The van der Waals surface area contributed by atoms with E-state index in [9.17, 15) is 8.42 Å². The molecule has 1 aliphatic carbocycles. The summed E-state index contributed by atoms with van der Waals surface area (Å²) in [5.41, 5.74) is 0.819. The Balaban J connectivity index is 2.10. The van der Waals surface area contributed by atoms with Crippen molar-refractivity contribution in [1.82, 2.24) is 9.29 Å². The molecule has 6 heteroatoms. The fourth-order valence-corrected chi connectivity index (χ4v) is 3.77. The monoisotopic (exact) mass is 302 g/mol. The maximum Gasteiger partial charge on any atom is 0.260 e. The zero-order valence-electron chi connectivity index (χ0n) is 11.0. The summed E-state index contributed by atoms with van der Waals surface area (Å²) in [4.78, 5) is 4.00. The molecule has 1 heterocycles. The van der Waals surface area contributed by atoms with Gasteiger partial charge in [-0.1, -0.05) is 18.9 Å². The highest BCUT2D eigenvalue weighted by molar-refractivity contribution is 7.89. The highest BCUT2D eigenvalue weighted by atomic mass is 35.5. The second kappa shape index (κ2) is 6.20. The Morgan fingerprint density at radius 1 is 1.37 bits per heavy atom. The van der Waals surface area contributed by atoms with Gasteiger partial charge in [-0.15, -0.1) is 11.6 Å². The molecule has 0 N–H and O–H groups in total. The molecule has 0 aliphatic heterocycles. The standard InChI is InChI=1S/C13H19ClN2O2S/c1-16(10-11-4-2-3-5-11)19(17,18)13-7-6-12(8-14)9-15-13/h6-7,9,11H,2-5,8,10H2,1H3. The van der Waals surface area contributed by atoms with Crippen molar-refractivity contribution >= 4 is 21.6 Å². The summed E-state index contributed by atoms with van der Waals surface area (Å²) in [6.45, 7) is 0.585. The smallest absolute Gasteiger partial charge is 0.243 e. The third kappa shape index (κ3) is 3.46. The summed E-state index contributed by atoms with van der Waals surface area (Å²) >= 11 is 5.67. The van der Waals surface area contributed by atoms with Crippen LogP contribution in [0.15, 0.2) is 23.4 Å². The molecule has 0 bridgehead atoms. The number of hydrogen-bond acceptors (Lipinski definition) is 3. The van der Waals surface area contributed by atoms with E-state index >= 15 is 0 Å². The van der Waals surface area contributed by atoms with Gasteiger partial charge >= 0.3 is 0 Å². The molecule has 19 heavy (non-hydrogen) atoms. The number of alkyl halides is 1. The van der Waals surface area contributed by atoms with Crippen molar-refractivity contribution in [3.8, 4) is 0 Å². The maximum absolute atomic E-state index is 12.3. The topological polar surface area (TPSA) is 50.3 Å². The molecule has 1 saturated carbocycles. The van der Waals surface area contributed by atoms with E-state index in [0.29, 0.717) is 18.3 Å².